The molecule has 1 aromatic carbocycles. The Morgan fingerprint density at radius 3 is 2.60 bits per heavy atom. The maximum Gasteiger partial charge on any atom is 0.231 e. The van der Waals surface area contributed by atoms with Gasteiger partial charge in [0.05, 0.1) is 0 Å². The molecule has 5 nitrogen and oxygen atoms in total. The summed E-state index contributed by atoms with van der Waals surface area (Å²) in [6, 6.07) is 9.53. The Hall–Kier alpha value is -2.17. The number of hydrogen-bond donors (Lipinski definition) is 2. The summed E-state index contributed by atoms with van der Waals surface area (Å²) >= 11 is 0. The molecule has 76 valence electrons. The maximum atomic E-state index is 7.40. The molecular weight excluding hydrogens is 190 g/mol. The van der Waals surface area contributed by atoms with Gasteiger partial charge in [-0.15, -0.1) is 0 Å². The Balaban J connectivity index is 2.24. The van der Waals surface area contributed by atoms with Gasteiger partial charge in [-0.2, -0.15) is 4.98 Å². The van der Waals surface area contributed by atoms with E-state index in [-0.39, 0.29) is 6.30 Å². The van der Waals surface area contributed by atoms with Crippen molar-refractivity contribution in [2.75, 3.05) is 17.7 Å². The third-order valence-electron chi connectivity index (χ3n) is 1.78. The molecule has 15 heavy (non-hydrogen) atoms. The van der Waals surface area contributed by atoms with Crippen molar-refractivity contribution in [3.05, 3.63) is 36.6 Å². The summed E-state index contributed by atoms with van der Waals surface area (Å²) in [5.74, 6) is 0.731. The smallest absolute Gasteiger partial charge is 0.231 e. The van der Waals surface area contributed by atoms with Gasteiger partial charge in [0.1, 0.15) is 7.67 Å². The molecule has 0 saturated heterocycles. The summed E-state index contributed by atoms with van der Waals surface area (Å²) in [7, 11) is 1.70. The molecule has 0 bridgehead atoms. The normalized spacial score (nSPS) is 10.6. The topological polar surface area (TPSA) is 62.7 Å². The Morgan fingerprint density at radius 1 is 1.13 bits per heavy atom. The molecule has 2 aromatic rings. The van der Waals surface area contributed by atoms with Crippen LogP contribution in [0.25, 0.3) is 0 Å². The highest BCUT2D eigenvalue weighted by molar-refractivity contribution is 5.53. The number of benzene rings is 1. The first-order chi connectivity index (χ1) is 7.78. The summed E-state index contributed by atoms with van der Waals surface area (Å²) in [5.41, 5.74) is 0.871. The molecule has 0 fully saturated rings. The van der Waals surface area contributed by atoms with E-state index in [2.05, 4.69) is 25.6 Å². The number of nitrogens with zero attached hydrogens (tertiary/aromatic N) is 3. The van der Waals surface area contributed by atoms with Crippen molar-refractivity contribution in [2.24, 2.45) is 0 Å². The van der Waals surface area contributed by atoms with Crippen LogP contribution in [0.4, 0.5) is 17.6 Å². The Morgan fingerprint density at radius 2 is 1.87 bits per heavy atom. The van der Waals surface area contributed by atoms with Gasteiger partial charge < -0.3 is 10.6 Å². The molecule has 0 amide bonds. The summed E-state index contributed by atoms with van der Waals surface area (Å²) in [6.07, 6.45) is -0.0715. The zero-order valence-corrected chi connectivity index (χ0v) is 8.23. The molecule has 0 unspecified atom stereocenters. The van der Waals surface area contributed by atoms with Crippen LogP contribution in [0.1, 0.15) is 1.37 Å². The van der Waals surface area contributed by atoms with Crippen LogP contribution < -0.4 is 10.6 Å². The maximum absolute atomic E-state index is 7.40. The Labute approximate surface area is 89.0 Å². The molecule has 1 heterocycles. The zero-order valence-electron chi connectivity index (χ0n) is 9.23. The average molecular weight is 203 g/mol. The van der Waals surface area contributed by atoms with Crippen LogP contribution in [0, 0.1) is 0 Å². The van der Waals surface area contributed by atoms with E-state index in [9.17, 15) is 0 Å². The van der Waals surface area contributed by atoms with E-state index in [1.165, 1.54) is 0 Å². The molecule has 2 N–H and O–H groups in total. The van der Waals surface area contributed by atoms with E-state index >= 15 is 0 Å². The van der Waals surface area contributed by atoms with Crippen LogP contribution in [0.5, 0.6) is 0 Å². The quantitative estimate of drug-likeness (QED) is 0.794. The van der Waals surface area contributed by atoms with Crippen LogP contribution in [0.2, 0.25) is 0 Å². The van der Waals surface area contributed by atoms with E-state index in [0.29, 0.717) is 11.9 Å². The molecule has 2 rings (SSSR count). The standard InChI is InChI=1S/C10H11N5/c1-11-9-12-7-13-10(15-9)14-8-5-3-2-4-6-8/h2-7H,1H3,(H2,11,12,13,14,15)/i7T. The fourth-order valence-corrected chi connectivity index (χ4v) is 1.09. The zero-order chi connectivity index (χ0) is 11.4. The van der Waals surface area contributed by atoms with Crippen molar-refractivity contribution in [2.45, 2.75) is 0 Å². The van der Waals surface area contributed by atoms with Crippen molar-refractivity contribution in [1.29, 1.82) is 0 Å². The summed E-state index contributed by atoms with van der Waals surface area (Å²) in [4.78, 5) is 11.7. The molecular formula is C10H11N5. The lowest BCUT2D eigenvalue weighted by atomic mass is 10.3. The SMILES string of the molecule is [3H]c1nc(NC)nc(Nc2ccccc2)n1. The molecule has 0 spiro atoms. The van der Waals surface area contributed by atoms with E-state index in [4.69, 9.17) is 1.37 Å². The lowest BCUT2D eigenvalue weighted by Gasteiger charge is -2.04. The van der Waals surface area contributed by atoms with Crippen molar-refractivity contribution < 1.29 is 1.37 Å². The van der Waals surface area contributed by atoms with Crippen molar-refractivity contribution in [3.63, 3.8) is 0 Å². The van der Waals surface area contributed by atoms with Gasteiger partial charge in [0.15, 0.2) is 0 Å². The highest BCUT2D eigenvalue weighted by Gasteiger charge is 1.98. The van der Waals surface area contributed by atoms with E-state index in [1.807, 2.05) is 30.3 Å². The van der Waals surface area contributed by atoms with Crippen LogP contribution in [0.3, 0.4) is 0 Å². The number of rotatable bonds is 3. The summed E-state index contributed by atoms with van der Waals surface area (Å²) in [5, 5.41) is 5.77. The molecule has 0 aliphatic heterocycles. The predicted molar refractivity (Wildman–Crippen MR) is 59.1 cm³/mol. The van der Waals surface area contributed by atoms with Gasteiger partial charge in [-0.3, -0.25) is 0 Å². The van der Waals surface area contributed by atoms with Gasteiger partial charge in [-0.1, -0.05) is 18.2 Å². The second-order valence-corrected chi connectivity index (χ2v) is 2.82. The fraction of sp³-hybridized carbons (Fsp3) is 0.100. The van der Waals surface area contributed by atoms with Gasteiger partial charge >= 0.3 is 0 Å². The van der Waals surface area contributed by atoms with Gasteiger partial charge in [-0.05, 0) is 12.1 Å². The van der Waals surface area contributed by atoms with E-state index in [0.717, 1.165) is 5.69 Å². The summed E-state index contributed by atoms with van der Waals surface area (Å²) in [6.45, 7) is 0. The number of hydrogen-bond acceptors (Lipinski definition) is 5. The largest absolute Gasteiger partial charge is 0.357 e. The monoisotopic (exact) mass is 203 g/mol. The molecule has 0 aliphatic rings. The molecule has 0 atom stereocenters. The summed E-state index contributed by atoms with van der Waals surface area (Å²) < 4.78 is 7.40. The second kappa shape index (κ2) is 4.36. The minimum absolute atomic E-state index is 0.0715. The molecule has 0 radical (unpaired) electrons. The van der Waals surface area contributed by atoms with E-state index in [1.54, 1.807) is 7.05 Å². The average Bonchev–Trinajstić information content (AvgIpc) is 2.29. The van der Waals surface area contributed by atoms with Gasteiger partial charge in [0, 0.05) is 12.7 Å². The van der Waals surface area contributed by atoms with Crippen LogP contribution in [0.15, 0.2) is 36.6 Å². The highest BCUT2D eigenvalue weighted by Crippen LogP contribution is 2.11. The number of aromatic nitrogens is 3. The van der Waals surface area contributed by atoms with E-state index < -0.39 is 0 Å². The number of anilines is 3. The molecule has 1 aromatic heterocycles. The molecule has 0 aliphatic carbocycles. The minimum atomic E-state index is -0.0715. The van der Waals surface area contributed by atoms with Crippen molar-refractivity contribution in [1.82, 2.24) is 15.0 Å². The van der Waals surface area contributed by atoms with Gasteiger partial charge in [0.25, 0.3) is 0 Å². The molecule has 0 saturated carbocycles. The van der Waals surface area contributed by atoms with Crippen LogP contribution in [-0.2, 0) is 0 Å². The first-order valence-electron chi connectivity index (χ1n) is 5.00. The Bertz CT molecular complexity index is 474. The van der Waals surface area contributed by atoms with Gasteiger partial charge in [-0.25, -0.2) is 9.97 Å². The first kappa shape index (κ1) is 8.16. The predicted octanol–water partition coefficient (Wildman–Crippen LogP) is 1.66. The minimum Gasteiger partial charge on any atom is -0.357 e. The highest BCUT2D eigenvalue weighted by atomic mass is 15.2. The molecule has 5 heteroatoms. The lowest BCUT2D eigenvalue weighted by Crippen LogP contribution is -2.02. The van der Waals surface area contributed by atoms with Crippen LogP contribution in [-0.4, -0.2) is 22.0 Å². The fourth-order valence-electron chi connectivity index (χ4n) is 1.09. The van der Waals surface area contributed by atoms with Crippen molar-refractivity contribution in [3.8, 4) is 0 Å². The third-order valence-corrected chi connectivity index (χ3v) is 1.78. The van der Waals surface area contributed by atoms with Gasteiger partial charge in [0.2, 0.25) is 11.9 Å². The number of nitrogens with one attached hydrogen (secondary N) is 2. The third kappa shape index (κ3) is 2.40. The Kier molecular flexibility index (Phi) is 2.38. The van der Waals surface area contributed by atoms with Crippen LogP contribution >= 0.6 is 0 Å². The number of para-hydroxylation sites is 1. The second-order valence-electron chi connectivity index (χ2n) is 2.82. The van der Waals surface area contributed by atoms with Crippen molar-refractivity contribution >= 4 is 17.6 Å². The first-order valence-corrected chi connectivity index (χ1v) is 4.50. The lowest BCUT2D eigenvalue weighted by molar-refractivity contribution is 1.05.